The number of nitrogens with zero attached hydrogens (tertiary/aromatic N) is 2. The van der Waals surface area contributed by atoms with Gasteiger partial charge in [-0.3, -0.25) is 10.2 Å². The van der Waals surface area contributed by atoms with Crippen LogP contribution in [0.15, 0.2) is 23.3 Å². The fourth-order valence-corrected chi connectivity index (χ4v) is 2.62. The number of unbranched alkanes of at least 4 members (excludes halogenated alkanes) is 1. The third-order valence-corrected chi connectivity index (χ3v) is 4.22. The summed E-state index contributed by atoms with van der Waals surface area (Å²) >= 11 is 1.55. The van der Waals surface area contributed by atoms with E-state index in [0.29, 0.717) is 6.42 Å². The molecule has 2 rings (SSSR count). The monoisotopic (exact) mass is 318 g/mol. The SMILES string of the molecule is CCCCC(=O)Nc1ccc2sc(N/N=C(\C)CC)nc2c1. The highest BCUT2D eigenvalue weighted by Gasteiger charge is 2.06. The van der Waals surface area contributed by atoms with Crippen LogP contribution in [0.5, 0.6) is 0 Å². The Morgan fingerprint density at radius 1 is 1.36 bits per heavy atom. The van der Waals surface area contributed by atoms with Crippen molar-refractivity contribution < 1.29 is 4.79 Å². The molecule has 0 radical (unpaired) electrons. The van der Waals surface area contributed by atoms with E-state index in [4.69, 9.17) is 0 Å². The van der Waals surface area contributed by atoms with Gasteiger partial charge in [-0.25, -0.2) is 4.98 Å². The Hall–Kier alpha value is -1.95. The number of rotatable bonds is 7. The van der Waals surface area contributed by atoms with Crippen molar-refractivity contribution in [3.8, 4) is 0 Å². The quantitative estimate of drug-likeness (QED) is 0.578. The number of thiazole rings is 1. The Kier molecular flexibility index (Phi) is 5.89. The van der Waals surface area contributed by atoms with Gasteiger partial charge in [0.15, 0.2) is 0 Å². The number of amides is 1. The number of nitrogens with one attached hydrogen (secondary N) is 2. The number of carbonyl (C=O) groups is 1. The Labute approximate surface area is 134 Å². The number of hydrazone groups is 1. The first-order valence-electron chi connectivity index (χ1n) is 7.62. The van der Waals surface area contributed by atoms with Gasteiger partial charge in [-0.05, 0) is 38.0 Å². The number of anilines is 2. The second-order valence-electron chi connectivity index (χ2n) is 5.17. The molecule has 1 amide bonds. The molecule has 0 bridgehead atoms. The third kappa shape index (κ3) is 4.53. The van der Waals surface area contributed by atoms with Crippen molar-refractivity contribution in [1.82, 2.24) is 4.98 Å². The van der Waals surface area contributed by atoms with Crippen LogP contribution in [0.2, 0.25) is 0 Å². The lowest BCUT2D eigenvalue weighted by molar-refractivity contribution is -0.116. The first kappa shape index (κ1) is 16.4. The summed E-state index contributed by atoms with van der Waals surface area (Å²) in [5, 5.41) is 7.93. The number of benzene rings is 1. The van der Waals surface area contributed by atoms with Crippen molar-refractivity contribution in [3.63, 3.8) is 0 Å². The standard InChI is InChI=1S/C16H22N4OS/c1-4-6-7-15(21)17-12-8-9-14-13(10-12)18-16(22-14)20-19-11(3)5-2/h8-10H,4-7H2,1-3H3,(H,17,21)(H,18,20)/b19-11+. The van der Waals surface area contributed by atoms with Gasteiger partial charge in [0.2, 0.25) is 11.0 Å². The molecule has 0 unspecified atom stereocenters. The molecular formula is C16H22N4OS. The molecule has 118 valence electrons. The van der Waals surface area contributed by atoms with E-state index in [-0.39, 0.29) is 5.91 Å². The molecule has 0 aliphatic rings. The Balaban J connectivity index is 2.08. The van der Waals surface area contributed by atoms with Crippen molar-refractivity contribution >= 4 is 44.0 Å². The van der Waals surface area contributed by atoms with Gasteiger partial charge < -0.3 is 5.32 Å². The summed E-state index contributed by atoms with van der Waals surface area (Å²) in [5.41, 5.74) is 5.67. The Morgan fingerprint density at radius 2 is 2.18 bits per heavy atom. The molecule has 2 N–H and O–H groups in total. The summed E-state index contributed by atoms with van der Waals surface area (Å²) in [6.45, 7) is 6.11. The van der Waals surface area contributed by atoms with Crippen molar-refractivity contribution in [2.75, 3.05) is 10.7 Å². The summed E-state index contributed by atoms with van der Waals surface area (Å²) in [6.07, 6.45) is 3.40. The van der Waals surface area contributed by atoms with E-state index in [0.717, 1.165) is 46.0 Å². The molecule has 2 aromatic rings. The third-order valence-electron chi connectivity index (χ3n) is 3.28. The highest BCUT2D eigenvalue weighted by molar-refractivity contribution is 7.22. The number of hydrogen-bond acceptors (Lipinski definition) is 5. The molecule has 0 aliphatic heterocycles. The minimum absolute atomic E-state index is 0.0537. The lowest BCUT2D eigenvalue weighted by atomic mass is 10.2. The second-order valence-corrected chi connectivity index (χ2v) is 6.20. The zero-order chi connectivity index (χ0) is 15.9. The predicted molar refractivity (Wildman–Crippen MR) is 94.8 cm³/mol. The van der Waals surface area contributed by atoms with E-state index in [1.165, 1.54) is 0 Å². The predicted octanol–water partition coefficient (Wildman–Crippen LogP) is 4.62. The molecular weight excluding hydrogens is 296 g/mol. The normalized spacial score (nSPS) is 11.7. The van der Waals surface area contributed by atoms with Crippen molar-refractivity contribution in [2.24, 2.45) is 5.10 Å². The van der Waals surface area contributed by atoms with E-state index >= 15 is 0 Å². The average Bonchev–Trinajstić information content (AvgIpc) is 2.92. The van der Waals surface area contributed by atoms with Gasteiger partial charge >= 0.3 is 0 Å². The molecule has 1 aromatic heterocycles. The highest BCUT2D eigenvalue weighted by Crippen LogP contribution is 2.28. The largest absolute Gasteiger partial charge is 0.326 e. The first-order chi connectivity index (χ1) is 10.6. The summed E-state index contributed by atoms with van der Waals surface area (Å²) < 4.78 is 1.07. The fraction of sp³-hybridized carbons (Fsp3) is 0.438. The molecule has 5 nitrogen and oxygen atoms in total. The molecule has 0 saturated carbocycles. The summed E-state index contributed by atoms with van der Waals surface area (Å²) in [4.78, 5) is 16.3. The van der Waals surface area contributed by atoms with E-state index in [9.17, 15) is 4.79 Å². The van der Waals surface area contributed by atoms with E-state index in [1.807, 2.05) is 25.1 Å². The van der Waals surface area contributed by atoms with Crippen LogP contribution in [0.1, 0.15) is 46.5 Å². The summed E-state index contributed by atoms with van der Waals surface area (Å²) in [7, 11) is 0. The maximum atomic E-state index is 11.8. The van der Waals surface area contributed by atoms with Crippen LogP contribution in [-0.4, -0.2) is 16.6 Å². The molecule has 0 atom stereocenters. The second kappa shape index (κ2) is 7.89. The van der Waals surface area contributed by atoms with Gasteiger partial charge in [0.1, 0.15) is 0 Å². The van der Waals surface area contributed by atoms with E-state index in [1.54, 1.807) is 11.3 Å². The van der Waals surface area contributed by atoms with Gasteiger partial charge in [0.25, 0.3) is 0 Å². The number of aromatic nitrogens is 1. The molecule has 0 fully saturated rings. The van der Waals surface area contributed by atoms with Crippen LogP contribution in [0.3, 0.4) is 0 Å². The molecule has 0 spiro atoms. The van der Waals surface area contributed by atoms with Crippen LogP contribution >= 0.6 is 11.3 Å². The van der Waals surface area contributed by atoms with Gasteiger partial charge in [-0.15, -0.1) is 0 Å². The molecule has 1 aromatic carbocycles. The smallest absolute Gasteiger partial charge is 0.224 e. The van der Waals surface area contributed by atoms with Crippen LogP contribution < -0.4 is 10.7 Å². The molecule has 1 heterocycles. The average molecular weight is 318 g/mol. The minimum Gasteiger partial charge on any atom is -0.326 e. The summed E-state index contributed by atoms with van der Waals surface area (Å²) in [5.74, 6) is 0.0537. The van der Waals surface area contributed by atoms with Gasteiger partial charge in [-0.1, -0.05) is 31.6 Å². The van der Waals surface area contributed by atoms with E-state index < -0.39 is 0 Å². The van der Waals surface area contributed by atoms with Crippen LogP contribution in [0.4, 0.5) is 10.8 Å². The Morgan fingerprint density at radius 3 is 2.91 bits per heavy atom. The highest BCUT2D eigenvalue weighted by atomic mass is 32.1. The zero-order valence-electron chi connectivity index (χ0n) is 13.3. The minimum atomic E-state index is 0.0537. The molecule has 0 saturated heterocycles. The summed E-state index contributed by atoms with van der Waals surface area (Å²) in [6, 6.07) is 5.79. The lowest BCUT2D eigenvalue weighted by Crippen LogP contribution is -2.10. The topological polar surface area (TPSA) is 66.4 Å². The maximum absolute atomic E-state index is 11.8. The maximum Gasteiger partial charge on any atom is 0.224 e. The number of carbonyl (C=O) groups excluding carboxylic acids is 1. The lowest BCUT2D eigenvalue weighted by Gasteiger charge is -2.04. The van der Waals surface area contributed by atoms with Crippen molar-refractivity contribution in [2.45, 2.75) is 46.5 Å². The van der Waals surface area contributed by atoms with Crippen LogP contribution in [-0.2, 0) is 4.79 Å². The molecule has 0 aliphatic carbocycles. The van der Waals surface area contributed by atoms with Crippen molar-refractivity contribution in [1.29, 1.82) is 0 Å². The fourth-order valence-electron chi connectivity index (χ4n) is 1.84. The van der Waals surface area contributed by atoms with Crippen LogP contribution in [0, 0.1) is 0 Å². The zero-order valence-corrected chi connectivity index (χ0v) is 14.1. The van der Waals surface area contributed by atoms with Gasteiger partial charge in [0, 0.05) is 17.8 Å². The first-order valence-corrected chi connectivity index (χ1v) is 8.43. The number of hydrogen-bond donors (Lipinski definition) is 2. The van der Waals surface area contributed by atoms with Crippen LogP contribution in [0.25, 0.3) is 10.2 Å². The molecule has 6 heteroatoms. The van der Waals surface area contributed by atoms with E-state index in [2.05, 4.69) is 34.7 Å². The number of fused-ring (bicyclic) bond motifs is 1. The van der Waals surface area contributed by atoms with Crippen molar-refractivity contribution in [3.05, 3.63) is 18.2 Å². The van der Waals surface area contributed by atoms with Gasteiger partial charge in [-0.2, -0.15) is 5.10 Å². The molecule has 22 heavy (non-hydrogen) atoms. The van der Waals surface area contributed by atoms with Gasteiger partial charge in [0.05, 0.1) is 10.2 Å². The Bertz CT molecular complexity index is 678.